The number of carbonyl (C=O) groups excluding carboxylic acids is 2. The van der Waals surface area contributed by atoms with Crippen LogP contribution in [0.5, 0.6) is 5.75 Å². The molecule has 8 nitrogen and oxygen atoms in total. The molecule has 0 bridgehead atoms. The van der Waals surface area contributed by atoms with E-state index in [1.165, 1.54) is 11.8 Å². The minimum atomic E-state index is -0.338. The van der Waals surface area contributed by atoms with Crippen LogP contribution in [0.3, 0.4) is 0 Å². The Morgan fingerprint density at radius 2 is 1.88 bits per heavy atom. The second kappa shape index (κ2) is 11.9. The number of anilines is 1. The van der Waals surface area contributed by atoms with Gasteiger partial charge in [0.05, 0.1) is 25.3 Å². The molecule has 2 N–H and O–H groups in total. The van der Waals surface area contributed by atoms with E-state index in [1.807, 2.05) is 55.7 Å². The van der Waals surface area contributed by atoms with E-state index in [9.17, 15) is 9.59 Å². The van der Waals surface area contributed by atoms with Gasteiger partial charge in [0.1, 0.15) is 5.75 Å². The fourth-order valence-corrected chi connectivity index (χ4v) is 4.34. The molecule has 0 aliphatic carbocycles. The van der Waals surface area contributed by atoms with Gasteiger partial charge in [-0.05, 0) is 56.2 Å². The zero-order valence-corrected chi connectivity index (χ0v) is 21.2. The van der Waals surface area contributed by atoms with Gasteiger partial charge in [0.25, 0.3) is 0 Å². The van der Waals surface area contributed by atoms with Crippen LogP contribution >= 0.6 is 23.4 Å². The third kappa shape index (κ3) is 6.74. The summed E-state index contributed by atoms with van der Waals surface area (Å²) in [7, 11) is 1.60. The van der Waals surface area contributed by atoms with Crippen molar-refractivity contribution >= 4 is 40.9 Å². The molecule has 1 aromatic heterocycles. The van der Waals surface area contributed by atoms with Crippen molar-refractivity contribution in [1.29, 1.82) is 0 Å². The Balaban J connectivity index is 1.58. The monoisotopic (exact) mass is 501 g/mol. The second-order valence-corrected chi connectivity index (χ2v) is 9.07. The quantitative estimate of drug-likeness (QED) is 0.399. The standard InChI is InChI=1S/C24H28ClN5O3S/c1-5-30-23(16(3)26-21(31)12-17-7-10-19(33-4)11-8-17)28-29-24(30)34-14-22(32)27-20-13-18(25)9-6-15(20)2/h6-11,13,16H,5,12,14H2,1-4H3,(H,26,31)(H,27,32)/t16-/m0/s1. The normalized spacial score (nSPS) is 11.7. The highest BCUT2D eigenvalue weighted by Crippen LogP contribution is 2.23. The molecule has 0 radical (unpaired) electrons. The Morgan fingerprint density at radius 3 is 2.56 bits per heavy atom. The third-order valence-electron chi connectivity index (χ3n) is 5.16. The Labute approximate surface area is 208 Å². The van der Waals surface area contributed by atoms with Crippen molar-refractivity contribution in [3.05, 3.63) is 64.4 Å². The van der Waals surface area contributed by atoms with Gasteiger partial charge in [-0.1, -0.05) is 41.6 Å². The summed E-state index contributed by atoms with van der Waals surface area (Å²) >= 11 is 7.32. The van der Waals surface area contributed by atoms with Crippen LogP contribution in [0.2, 0.25) is 5.02 Å². The van der Waals surface area contributed by atoms with Gasteiger partial charge in [-0.3, -0.25) is 9.59 Å². The van der Waals surface area contributed by atoms with E-state index in [0.29, 0.717) is 28.2 Å². The van der Waals surface area contributed by atoms with E-state index in [1.54, 1.807) is 19.2 Å². The number of thioether (sulfide) groups is 1. The molecule has 2 amide bonds. The fraction of sp³-hybridized carbons (Fsp3) is 0.333. The lowest BCUT2D eigenvalue weighted by Gasteiger charge is -2.15. The second-order valence-electron chi connectivity index (χ2n) is 7.70. The average Bonchev–Trinajstić information content (AvgIpc) is 3.23. The number of hydrogen-bond donors (Lipinski definition) is 2. The molecule has 0 saturated heterocycles. The average molecular weight is 502 g/mol. The van der Waals surface area contributed by atoms with Gasteiger partial charge < -0.3 is 19.9 Å². The van der Waals surface area contributed by atoms with Crippen molar-refractivity contribution in [3.63, 3.8) is 0 Å². The molecule has 0 aliphatic heterocycles. The number of ether oxygens (including phenoxy) is 1. The topological polar surface area (TPSA) is 98.1 Å². The summed E-state index contributed by atoms with van der Waals surface area (Å²) in [6, 6.07) is 12.4. The van der Waals surface area contributed by atoms with E-state index < -0.39 is 0 Å². The maximum atomic E-state index is 12.5. The van der Waals surface area contributed by atoms with Crippen molar-refractivity contribution in [3.8, 4) is 5.75 Å². The summed E-state index contributed by atoms with van der Waals surface area (Å²) < 4.78 is 7.05. The summed E-state index contributed by atoms with van der Waals surface area (Å²) in [4.78, 5) is 25.0. The number of benzene rings is 2. The largest absolute Gasteiger partial charge is 0.497 e. The lowest BCUT2D eigenvalue weighted by atomic mass is 10.1. The maximum absolute atomic E-state index is 12.5. The zero-order valence-electron chi connectivity index (χ0n) is 19.6. The number of nitrogens with one attached hydrogen (secondary N) is 2. The number of amides is 2. The van der Waals surface area contributed by atoms with Crippen molar-refractivity contribution in [2.24, 2.45) is 0 Å². The van der Waals surface area contributed by atoms with Crippen LogP contribution in [0.1, 0.15) is 36.8 Å². The van der Waals surface area contributed by atoms with Gasteiger partial charge >= 0.3 is 0 Å². The van der Waals surface area contributed by atoms with Crippen LogP contribution in [-0.4, -0.2) is 39.4 Å². The molecule has 1 atom stereocenters. The van der Waals surface area contributed by atoms with Crippen LogP contribution < -0.4 is 15.4 Å². The van der Waals surface area contributed by atoms with Gasteiger partial charge in [0, 0.05) is 17.3 Å². The minimum absolute atomic E-state index is 0.117. The number of methoxy groups -OCH3 is 1. The Bertz CT molecular complexity index is 1150. The first-order chi connectivity index (χ1) is 16.3. The first kappa shape index (κ1) is 25.6. The number of halogens is 1. The predicted octanol–water partition coefficient (Wildman–Crippen LogP) is 4.42. The molecular formula is C24H28ClN5O3S. The molecule has 34 heavy (non-hydrogen) atoms. The number of carbonyl (C=O) groups is 2. The lowest BCUT2D eigenvalue weighted by molar-refractivity contribution is -0.121. The van der Waals surface area contributed by atoms with E-state index >= 15 is 0 Å². The van der Waals surface area contributed by atoms with Gasteiger partial charge in [-0.2, -0.15) is 0 Å². The minimum Gasteiger partial charge on any atom is -0.497 e. The summed E-state index contributed by atoms with van der Waals surface area (Å²) in [5.74, 6) is 1.27. The zero-order chi connectivity index (χ0) is 24.7. The first-order valence-electron chi connectivity index (χ1n) is 10.8. The molecule has 0 spiro atoms. The Morgan fingerprint density at radius 1 is 1.15 bits per heavy atom. The van der Waals surface area contributed by atoms with E-state index in [4.69, 9.17) is 16.3 Å². The molecule has 2 aromatic carbocycles. The molecule has 180 valence electrons. The highest BCUT2D eigenvalue weighted by molar-refractivity contribution is 7.99. The van der Waals surface area contributed by atoms with Crippen LogP contribution in [0.25, 0.3) is 0 Å². The molecule has 3 aromatic rings. The summed E-state index contributed by atoms with van der Waals surface area (Å²) in [5, 5.41) is 15.5. The number of nitrogens with zero attached hydrogens (tertiary/aromatic N) is 3. The maximum Gasteiger partial charge on any atom is 0.234 e. The number of aromatic nitrogens is 3. The summed E-state index contributed by atoms with van der Waals surface area (Å²) in [6.07, 6.45) is 0.249. The van der Waals surface area contributed by atoms with Crippen LogP contribution in [0, 0.1) is 6.92 Å². The van der Waals surface area contributed by atoms with E-state index in [2.05, 4.69) is 20.8 Å². The molecule has 10 heteroatoms. The van der Waals surface area contributed by atoms with Gasteiger partial charge in [-0.25, -0.2) is 0 Å². The SMILES string of the molecule is CCn1c(SCC(=O)Nc2cc(Cl)ccc2C)nnc1[C@H](C)NC(=O)Cc1ccc(OC)cc1. The Hall–Kier alpha value is -3.04. The van der Waals surface area contributed by atoms with Gasteiger partial charge in [0.2, 0.25) is 11.8 Å². The number of aryl methyl sites for hydroxylation is 1. The van der Waals surface area contributed by atoms with Crippen molar-refractivity contribution in [2.75, 3.05) is 18.2 Å². The molecular weight excluding hydrogens is 474 g/mol. The highest BCUT2D eigenvalue weighted by Gasteiger charge is 2.20. The highest BCUT2D eigenvalue weighted by atomic mass is 35.5. The molecule has 3 rings (SSSR count). The smallest absolute Gasteiger partial charge is 0.234 e. The van der Waals surface area contributed by atoms with Crippen molar-refractivity contribution in [2.45, 2.75) is 44.9 Å². The molecule has 1 heterocycles. The number of hydrogen-bond acceptors (Lipinski definition) is 6. The summed E-state index contributed by atoms with van der Waals surface area (Å²) in [6.45, 7) is 6.35. The van der Waals surface area contributed by atoms with Crippen LogP contribution in [-0.2, 0) is 22.6 Å². The van der Waals surface area contributed by atoms with Crippen LogP contribution in [0.4, 0.5) is 5.69 Å². The fourth-order valence-electron chi connectivity index (χ4n) is 3.36. The molecule has 0 saturated carbocycles. The Kier molecular flexibility index (Phi) is 8.95. The van der Waals surface area contributed by atoms with Gasteiger partial charge in [0.15, 0.2) is 11.0 Å². The summed E-state index contributed by atoms with van der Waals surface area (Å²) in [5.41, 5.74) is 2.50. The molecule has 0 fully saturated rings. The van der Waals surface area contributed by atoms with Crippen molar-refractivity contribution in [1.82, 2.24) is 20.1 Å². The molecule has 0 unspecified atom stereocenters. The number of rotatable bonds is 10. The third-order valence-corrected chi connectivity index (χ3v) is 6.36. The van der Waals surface area contributed by atoms with E-state index in [-0.39, 0.29) is 30.0 Å². The molecule has 0 aliphatic rings. The van der Waals surface area contributed by atoms with Crippen LogP contribution in [0.15, 0.2) is 47.6 Å². The predicted molar refractivity (Wildman–Crippen MR) is 134 cm³/mol. The first-order valence-corrected chi connectivity index (χ1v) is 12.2. The lowest BCUT2D eigenvalue weighted by Crippen LogP contribution is -2.30. The van der Waals surface area contributed by atoms with E-state index in [0.717, 1.165) is 16.9 Å². The van der Waals surface area contributed by atoms with Crippen molar-refractivity contribution < 1.29 is 14.3 Å². The van der Waals surface area contributed by atoms with Gasteiger partial charge in [-0.15, -0.1) is 10.2 Å².